The van der Waals surface area contributed by atoms with Crippen LogP contribution in [0.1, 0.15) is 21.5 Å². The summed E-state index contributed by atoms with van der Waals surface area (Å²) in [5.74, 6) is -1.33. The van der Waals surface area contributed by atoms with Gasteiger partial charge in [0.15, 0.2) is 5.78 Å². The highest BCUT2D eigenvalue weighted by molar-refractivity contribution is 9.10. The number of nitrogens with one attached hydrogen (secondary N) is 1. The minimum Gasteiger partial charge on any atom is -0.481 e. The molecule has 0 unspecified atom stereocenters. The molecule has 0 atom stereocenters. The molecule has 0 spiro atoms. The quantitative estimate of drug-likeness (QED) is 0.612. The van der Waals surface area contributed by atoms with E-state index in [2.05, 4.69) is 21.2 Å². The number of rotatable bonds is 6. The van der Waals surface area contributed by atoms with Gasteiger partial charge in [-0.1, -0.05) is 28.1 Å². The Labute approximate surface area is 135 Å². The summed E-state index contributed by atoms with van der Waals surface area (Å²) in [6.07, 6.45) is 0.149. The summed E-state index contributed by atoms with van der Waals surface area (Å²) in [5, 5.41) is 11.4. The van der Waals surface area contributed by atoms with Gasteiger partial charge < -0.3 is 10.4 Å². The summed E-state index contributed by atoms with van der Waals surface area (Å²) in [6.45, 7) is 0. The third-order valence-electron chi connectivity index (χ3n) is 3.05. The zero-order chi connectivity index (χ0) is 16.1. The van der Waals surface area contributed by atoms with Crippen LogP contribution >= 0.6 is 15.9 Å². The number of carbonyl (C=O) groups excluding carboxylic acids is 2. The Hall–Kier alpha value is -2.47. The van der Waals surface area contributed by atoms with Crippen LogP contribution < -0.4 is 5.32 Å². The average molecular weight is 362 g/mol. The van der Waals surface area contributed by atoms with Crippen molar-refractivity contribution in [3.8, 4) is 0 Å². The van der Waals surface area contributed by atoms with Gasteiger partial charge in [-0.05, 0) is 35.9 Å². The van der Waals surface area contributed by atoms with E-state index >= 15 is 0 Å². The third kappa shape index (κ3) is 3.59. The van der Waals surface area contributed by atoms with Crippen molar-refractivity contribution in [3.05, 3.63) is 63.6 Å². The van der Waals surface area contributed by atoms with Crippen LogP contribution in [0, 0.1) is 0 Å². The summed E-state index contributed by atoms with van der Waals surface area (Å²) in [7, 11) is 0. The van der Waals surface area contributed by atoms with Gasteiger partial charge in [0.2, 0.25) is 6.41 Å². The van der Waals surface area contributed by atoms with Crippen molar-refractivity contribution < 1.29 is 19.5 Å². The zero-order valence-electron chi connectivity index (χ0n) is 11.4. The lowest BCUT2D eigenvalue weighted by Gasteiger charge is -2.12. The smallest absolute Gasteiger partial charge is 0.307 e. The number of carboxylic acids is 1. The monoisotopic (exact) mass is 361 g/mol. The highest BCUT2D eigenvalue weighted by Crippen LogP contribution is 2.25. The van der Waals surface area contributed by atoms with Gasteiger partial charge in [0, 0.05) is 15.6 Å². The van der Waals surface area contributed by atoms with E-state index in [4.69, 9.17) is 5.11 Å². The van der Waals surface area contributed by atoms with Crippen LogP contribution in [0.15, 0.2) is 46.9 Å². The highest BCUT2D eigenvalue weighted by Gasteiger charge is 2.17. The van der Waals surface area contributed by atoms with Gasteiger partial charge in [-0.3, -0.25) is 14.4 Å². The molecule has 22 heavy (non-hydrogen) atoms. The maximum atomic E-state index is 12.6. The fourth-order valence-electron chi connectivity index (χ4n) is 2.09. The molecule has 1 amide bonds. The van der Waals surface area contributed by atoms with Crippen LogP contribution in [-0.4, -0.2) is 23.3 Å². The molecule has 0 aliphatic carbocycles. The second-order valence-corrected chi connectivity index (χ2v) is 5.42. The first-order chi connectivity index (χ1) is 10.5. The molecule has 0 aromatic heterocycles. The molecular weight excluding hydrogens is 350 g/mol. The first-order valence-corrected chi connectivity index (χ1v) is 7.16. The number of halogens is 1. The van der Waals surface area contributed by atoms with Crippen molar-refractivity contribution in [2.75, 3.05) is 5.32 Å². The van der Waals surface area contributed by atoms with Crippen molar-refractivity contribution in [3.63, 3.8) is 0 Å². The number of carboxylic acid groups (broad SMARTS) is 1. The Kier molecular flexibility index (Phi) is 5.06. The van der Waals surface area contributed by atoms with Crippen molar-refractivity contribution in [2.45, 2.75) is 6.42 Å². The topological polar surface area (TPSA) is 83.5 Å². The molecular formula is C16H12BrNO4. The Balaban J connectivity index is 2.48. The van der Waals surface area contributed by atoms with Crippen LogP contribution in [0.25, 0.3) is 0 Å². The summed E-state index contributed by atoms with van der Waals surface area (Å²) >= 11 is 3.29. The highest BCUT2D eigenvalue weighted by atomic mass is 79.9. The summed E-state index contributed by atoms with van der Waals surface area (Å²) in [6, 6.07) is 11.5. The second kappa shape index (κ2) is 7.00. The number of hydrogen-bond donors (Lipinski definition) is 2. The Morgan fingerprint density at radius 1 is 1.14 bits per heavy atom. The SMILES string of the molecule is O=CNc1c(CC(=O)O)cccc1C(=O)c1ccc(Br)cc1. The fourth-order valence-corrected chi connectivity index (χ4v) is 2.35. The summed E-state index contributed by atoms with van der Waals surface area (Å²) < 4.78 is 0.843. The van der Waals surface area contributed by atoms with Gasteiger partial charge in [-0.15, -0.1) is 0 Å². The molecule has 2 aromatic rings. The van der Waals surface area contributed by atoms with Gasteiger partial charge in [-0.25, -0.2) is 0 Å². The minimum absolute atomic E-state index is 0.229. The normalized spacial score (nSPS) is 10.0. The van der Waals surface area contributed by atoms with Crippen LogP contribution in [0.4, 0.5) is 5.69 Å². The van der Waals surface area contributed by atoms with Gasteiger partial charge in [0.1, 0.15) is 0 Å². The number of aliphatic carboxylic acids is 1. The molecule has 112 valence electrons. The van der Waals surface area contributed by atoms with Crippen molar-refractivity contribution in [2.24, 2.45) is 0 Å². The number of amides is 1. The van der Waals surface area contributed by atoms with E-state index in [-0.39, 0.29) is 23.5 Å². The molecule has 2 aromatic carbocycles. The molecule has 0 saturated carbocycles. The number of ketones is 1. The molecule has 6 heteroatoms. The number of carbonyl (C=O) groups is 3. The number of benzene rings is 2. The summed E-state index contributed by atoms with van der Waals surface area (Å²) in [5.41, 5.74) is 1.31. The van der Waals surface area contributed by atoms with E-state index in [9.17, 15) is 14.4 Å². The van der Waals surface area contributed by atoms with Gasteiger partial charge in [-0.2, -0.15) is 0 Å². The van der Waals surface area contributed by atoms with E-state index in [0.29, 0.717) is 17.5 Å². The molecule has 0 aliphatic heterocycles. The molecule has 0 heterocycles. The Morgan fingerprint density at radius 3 is 2.41 bits per heavy atom. The van der Waals surface area contributed by atoms with Crippen LogP contribution in [0.2, 0.25) is 0 Å². The number of hydrogen-bond acceptors (Lipinski definition) is 3. The average Bonchev–Trinajstić information content (AvgIpc) is 2.49. The van der Waals surface area contributed by atoms with Crippen molar-refractivity contribution >= 4 is 39.8 Å². The Bertz CT molecular complexity index is 725. The molecule has 0 saturated heterocycles. The van der Waals surface area contributed by atoms with Gasteiger partial charge in [0.25, 0.3) is 0 Å². The van der Waals surface area contributed by atoms with Crippen molar-refractivity contribution in [1.82, 2.24) is 0 Å². The Morgan fingerprint density at radius 2 is 1.82 bits per heavy atom. The first kappa shape index (κ1) is 15.9. The van der Waals surface area contributed by atoms with E-state index < -0.39 is 5.97 Å². The molecule has 2 N–H and O–H groups in total. The fraction of sp³-hybridized carbons (Fsp3) is 0.0625. The molecule has 0 aliphatic rings. The first-order valence-electron chi connectivity index (χ1n) is 6.37. The third-order valence-corrected chi connectivity index (χ3v) is 3.58. The standard InChI is InChI=1S/C16H12BrNO4/c17-12-6-4-10(5-7-12)16(22)13-3-1-2-11(8-14(20)21)15(13)18-9-19/h1-7,9H,8H2,(H,18,19)(H,20,21). The number of anilines is 1. The number of para-hydroxylation sites is 1. The lowest BCUT2D eigenvalue weighted by atomic mass is 9.97. The molecule has 5 nitrogen and oxygen atoms in total. The van der Waals surface area contributed by atoms with Crippen LogP contribution in [0.5, 0.6) is 0 Å². The predicted octanol–water partition coefficient (Wildman–Crippen LogP) is 2.88. The minimum atomic E-state index is -1.04. The molecule has 2 rings (SSSR count). The van der Waals surface area contributed by atoms with Crippen molar-refractivity contribution in [1.29, 1.82) is 0 Å². The van der Waals surface area contributed by atoms with Gasteiger partial charge in [0.05, 0.1) is 12.1 Å². The van der Waals surface area contributed by atoms with E-state index in [0.717, 1.165) is 4.47 Å². The van der Waals surface area contributed by atoms with Gasteiger partial charge >= 0.3 is 5.97 Å². The second-order valence-electron chi connectivity index (χ2n) is 4.51. The lowest BCUT2D eigenvalue weighted by molar-refractivity contribution is -0.136. The largest absolute Gasteiger partial charge is 0.481 e. The predicted molar refractivity (Wildman–Crippen MR) is 85.0 cm³/mol. The van der Waals surface area contributed by atoms with Crippen LogP contribution in [0.3, 0.4) is 0 Å². The van der Waals surface area contributed by atoms with E-state index in [1.54, 1.807) is 42.5 Å². The molecule has 0 radical (unpaired) electrons. The zero-order valence-corrected chi connectivity index (χ0v) is 13.0. The lowest BCUT2D eigenvalue weighted by Crippen LogP contribution is -2.11. The molecule has 0 fully saturated rings. The maximum Gasteiger partial charge on any atom is 0.307 e. The summed E-state index contributed by atoms with van der Waals surface area (Å²) in [4.78, 5) is 34.3. The van der Waals surface area contributed by atoms with E-state index in [1.165, 1.54) is 0 Å². The van der Waals surface area contributed by atoms with E-state index in [1.807, 2.05) is 0 Å². The molecule has 0 bridgehead atoms. The maximum absolute atomic E-state index is 12.6. The van der Waals surface area contributed by atoms with Crippen LogP contribution in [-0.2, 0) is 16.0 Å².